The highest BCUT2D eigenvalue weighted by molar-refractivity contribution is 6.11. The molecule has 50 heavy (non-hydrogen) atoms. The maximum atomic E-state index is 15.3. The number of likely N-dealkylation sites (N-methyl/N-ethyl adjacent to an activating group) is 1. The van der Waals surface area contributed by atoms with E-state index in [2.05, 4.69) is 15.2 Å². The molecule has 0 spiro atoms. The van der Waals surface area contributed by atoms with Gasteiger partial charge in [-0.3, -0.25) is 14.5 Å². The van der Waals surface area contributed by atoms with Crippen LogP contribution < -0.4 is 19.5 Å². The molecule has 0 unspecified atom stereocenters. The molecule has 0 saturated carbocycles. The summed E-state index contributed by atoms with van der Waals surface area (Å²) in [6, 6.07) is 9.48. The van der Waals surface area contributed by atoms with Crippen molar-refractivity contribution in [2.45, 2.75) is 25.6 Å². The lowest BCUT2D eigenvalue weighted by Gasteiger charge is -2.26. The van der Waals surface area contributed by atoms with Crippen molar-refractivity contribution in [3.8, 4) is 16.9 Å². The number of H-pyrrole nitrogens is 1. The number of amides is 1. The van der Waals surface area contributed by atoms with Crippen LogP contribution in [0.25, 0.3) is 27.7 Å². The number of hydrogen-bond donors (Lipinski definition) is 3. The molecule has 5 heterocycles. The van der Waals surface area contributed by atoms with E-state index in [4.69, 9.17) is 9.47 Å². The van der Waals surface area contributed by atoms with Crippen molar-refractivity contribution in [2.24, 2.45) is 7.05 Å². The minimum Gasteiger partial charge on any atom is -0.496 e. The molecule has 0 bridgehead atoms. The van der Waals surface area contributed by atoms with Crippen molar-refractivity contribution in [3.63, 3.8) is 0 Å². The Balaban J connectivity index is 1.24. The standard InChI is InChI=1S/C37H38F2N6O5/c1-42-13-9-21-17-28(37(48)22-15-25(38)33(26(39)16-22)41-31(47)8-6-11-44-14-10-23(46)19-44)45-12-5-7-24(35(21)45)32-29(50-4)18-27-34(36(32)42)40-30(20-49-3)43(27)2/h5-8,12,15-18,23,46H,9-11,13-14,19-20H2,1-4H3,(H,41,47,48)/p+1/b8-6+/t23-/m0/s1. The van der Waals surface area contributed by atoms with Gasteiger partial charge in [-0.25, -0.2) is 18.3 Å². The van der Waals surface area contributed by atoms with Crippen LogP contribution >= 0.6 is 0 Å². The summed E-state index contributed by atoms with van der Waals surface area (Å²) < 4.78 is 45.9. The van der Waals surface area contributed by atoms with Gasteiger partial charge in [0.1, 0.15) is 35.4 Å². The van der Waals surface area contributed by atoms with E-state index in [-0.39, 0.29) is 11.3 Å². The Bertz CT molecular complexity index is 2170. The SMILES string of the molecule is COCc1[nH]c2c3c(c(OC)cc2[n+]1C)-c1cccn2c(C(=O)c4cc(F)c(NC(=O)/C=C/CN5CC[C@H](O)C5)c(F)c4)cc(c12)CCN3C. The van der Waals surface area contributed by atoms with Crippen LogP contribution in [-0.2, 0) is 29.6 Å². The summed E-state index contributed by atoms with van der Waals surface area (Å²) >= 11 is 0. The highest BCUT2D eigenvalue weighted by Crippen LogP contribution is 2.46. The lowest BCUT2D eigenvalue weighted by molar-refractivity contribution is -0.655. The number of aromatic amines is 1. The number of ether oxygens (including phenoxy) is 2. The van der Waals surface area contributed by atoms with Crippen LogP contribution in [0.2, 0.25) is 0 Å². The average molecular weight is 686 g/mol. The number of pyridine rings is 1. The Morgan fingerprint density at radius 1 is 1.16 bits per heavy atom. The van der Waals surface area contributed by atoms with E-state index in [0.717, 1.165) is 56.9 Å². The molecule has 5 aromatic rings. The van der Waals surface area contributed by atoms with E-state index in [1.165, 1.54) is 6.08 Å². The number of benzene rings is 2. The first kappa shape index (κ1) is 33.4. The number of carbonyl (C=O) groups excluding carboxylic acids is 2. The molecule has 0 aliphatic carbocycles. The molecule has 3 N–H and O–H groups in total. The Morgan fingerprint density at radius 3 is 2.64 bits per heavy atom. The minimum atomic E-state index is -1.06. The van der Waals surface area contributed by atoms with Crippen molar-refractivity contribution in [2.75, 3.05) is 57.7 Å². The molecule has 1 saturated heterocycles. The van der Waals surface area contributed by atoms with Gasteiger partial charge in [0.05, 0.1) is 37.0 Å². The number of halogens is 2. The Kier molecular flexibility index (Phi) is 8.89. The van der Waals surface area contributed by atoms with Crippen LogP contribution in [-0.4, -0.2) is 84.6 Å². The molecule has 1 atom stereocenters. The van der Waals surface area contributed by atoms with Crippen molar-refractivity contribution < 1.29 is 37.5 Å². The molecule has 13 heteroatoms. The number of nitrogens with zero attached hydrogens (tertiary/aromatic N) is 4. The number of imidazole rings is 1. The third kappa shape index (κ3) is 5.80. The number of fused-ring (bicyclic) bond motifs is 4. The van der Waals surface area contributed by atoms with Gasteiger partial charge in [-0.05, 0) is 42.7 Å². The van der Waals surface area contributed by atoms with Gasteiger partial charge in [-0.1, -0.05) is 12.1 Å². The number of aromatic nitrogens is 3. The van der Waals surface area contributed by atoms with E-state index in [1.807, 2.05) is 41.8 Å². The quantitative estimate of drug-likeness (QED) is 0.122. The molecule has 3 aromatic heterocycles. The largest absolute Gasteiger partial charge is 0.496 e. The predicted octanol–water partition coefficient (Wildman–Crippen LogP) is 4.13. The van der Waals surface area contributed by atoms with E-state index >= 15 is 8.78 Å². The number of rotatable bonds is 9. The van der Waals surface area contributed by atoms with Crippen molar-refractivity contribution in [3.05, 3.63) is 89.0 Å². The monoisotopic (exact) mass is 685 g/mol. The first-order valence-electron chi connectivity index (χ1n) is 16.5. The molecular formula is C37H39F2N6O5+. The first-order chi connectivity index (χ1) is 24.1. The first-order valence-corrected chi connectivity index (χ1v) is 16.5. The van der Waals surface area contributed by atoms with Crippen LogP contribution in [0.5, 0.6) is 5.75 Å². The molecule has 0 radical (unpaired) electrons. The lowest BCUT2D eigenvalue weighted by Crippen LogP contribution is -2.32. The Morgan fingerprint density at radius 2 is 1.94 bits per heavy atom. The summed E-state index contributed by atoms with van der Waals surface area (Å²) in [6.07, 6.45) is 5.42. The molecule has 2 aliphatic heterocycles. The van der Waals surface area contributed by atoms with Crippen LogP contribution in [0.15, 0.2) is 54.7 Å². The molecular weight excluding hydrogens is 646 g/mol. The van der Waals surface area contributed by atoms with Crippen molar-refractivity contribution >= 4 is 39.6 Å². The van der Waals surface area contributed by atoms with Crippen LogP contribution in [0.4, 0.5) is 20.2 Å². The number of aliphatic hydroxyl groups is 1. The van der Waals surface area contributed by atoms with Crippen molar-refractivity contribution in [1.29, 1.82) is 0 Å². The van der Waals surface area contributed by atoms with Crippen LogP contribution in [0.1, 0.15) is 33.9 Å². The third-order valence-electron chi connectivity index (χ3n) is 9.68. The number of hydrogen-bond acceptors (Lipinski definition) is 7. The number of likely N-dealkylation sites (tertiary alicyclic amines) is 1. The van der Waals surface area contributed by atoms with E-state index in [9.17, 15) is 14.7 Å². The molecule has 1 amide bonds. The van der Waals surface area contributed by atoms with E-state index in [1.54, 1.807) is 37.0 Å². The third-order valence-corrected chi connectivity index (χ3v) is 9.68. The number of methoxy groups -OCH3 is 2. The van der Waals surface area contributed by atoms with Gasteiger partial charge in [-0.2, -0.15) is 0 Å². The summed E-state index contributed by atoms with van der Waals surface area (Å²) in [7, 11) is 7.26. The summed E-state index contributed by atoms with van der Waals surface area (Å²) in [6.45, 7) is 2.65. The highest BCUT2D eigenvalue weighted by atomic mass is 19.1. The fourth-order valence-corrected chi connectivity index (χ4v) is 7.20. The van der Waals surface area contributed by atoms with E-state index in [0.29, 0.717) is 51.4 Å². The van der Waals surface area contributed by atoms with Gasteiger partial charge in [0, 0.05) is 69.8 Å². The number of ketones is 1. The van der Waals surface area contributed by atoms with Gasteiger partial charge in [0.2, 0.25) is 11.7 Å². The second kappa shape index (κ2) is 13.3. The molecule has 7 rings (SSSR count). The zero-order valence-electron chi connectivity index (χ0n) is 28.3. The Hall–Kier alpha value is -5.11. The Labute approximate surface area is 287 Å². The molecule has 260 valence electrons. The lowest BCUT2D eigenvalue weighted by atomic mass is 9.96. The number of β-amino-alcohol motifs (C(OH)–C–C–N with tert-alkyl or cyclic N) is 1. The molecule has 2 aromatic carbocycles. The molecule has 2 aliphatic rings. The fourth-order valence-electron chi connectivity index (χ4n) is 7.20. The zero-order chi connectivity index (χ0) is 35.3. The highest BCUT2D eigenvalue weighted by Gasteiger charge is 2.31. The summed E-state index contributed by atoms with van der Waals surface area (Å²) in [5.41, 5.74) is 5.64. The maximum Gasteiger partial charge on any atom is 0.281 e. The average Bonchev–Trinajstić information content (AvgIpc) is 3.78. The minimum absolute atomic E-state index is 0.186. The number of aliphatic hydroxyl groups excluding tert-OH is 1. The van der Waals surface area contributed by atoms with Gasteiger partial charge in [-0.15, -0.1) is 0 Å². The van der Waals surface area contributed by atoms with E-state index < -0.39 is 35.1 Å². The maximum absolute atomic E-state index is 15.3. The smallest absolute Gasteiger partial charge is 0.281 e. The number of nitrogens with one attached hydrogen (secondary N) is 2. The second-order valence-electron chi connectivity index (χ2n) is 12.9. The molecule has 1 fully saturated rings. The normalized spacial score (nSPS) is 16.3. The fraction of sp³-hybridized carbons (Fsp3) is 0.324. The van der Waals surface area contributed by atoms with Crippen molar-refractivity contribution in [1.82, 2.24) is 14.3 Å². The second-order valence-corrected chi connectivity index (χ2v) is 12.9. The van der Waals surface area contributed by atoms with Crippen LogP contribution in [0, 0.1) is 11.6 Å². The van der Waals surface area contributed by atoms with Gasteiger partial charge in [0.25, 0.3) is 5.82 Å². The molecule has 11 nitrogen and oxygen atoms in total. The van der Waals surface area contributed by atoms with Gasteiger partial charge >= 0.3 is 0 Å². The predicted molar refractivity (Wildman–Crippen MR) is 185 cm³/mol. The number of carbonyl (C=O) groups is 2. The number of anilines is 2. The number of aryl methyl sites for hydroxylation is 1. The topological polar surface area (TPSA) is 115 Å². The summed E-state index contributed by atoms with van der Waals surface area (Å²) in [5, 5.41) is 11.9. The van der Waals surface area contributed by atoms with Gasteiger partial charge in [0.15, 0.2) is 11.0 Å². The summed E-state index contributed by atoms with van der Waals surface area (Å²) in [4.78, 5) is 34.1. The zero-order valence-corrected chi connectivity index (χ0v) is 28.3. The van der Waals surface area contributed by atoms with Crippen LogP contribution in [0.3, 0.4) is 0 Å². The summed E-state index contributed by atoms with van der Waals surface area (Å²) in [5.74, 6) is -1.85. The van der Waals surface area contributed by atoms with Gasteiger partial charge < -0.3 is 29.2 Å².